The monoisotopic (exact) mass is 451 g/mol. The third-order valence-electron chi connectivity index (χ3n) is 6.08. The number of carbonyl (C=O) groups excluding carboxylic acids is 3. The first-order valence-corrected chi connectivity index (χ1v) is 11.2. The van der Waals surface area contributed by atoms with Gasteiger partial charge >= 0.3 is 6.03 Å². The van der Waals surface area contributed by atoms with Crippen molar-refractivity contribution < 1.29 is 23.9 Å². The van der Waals surface area contributed by atoms with Crippen molar-refractivity contribution in [2.24, 2.45) is 0 Å². The molecule has 2 aliphatic heterocycles. The van der Waals surface area contributed by atoms with Gasteiger partial charge in [-0.1, -0.05) is 42.0 Å². The Kier molecular flexibility index (Phi) is 6.65. The molecule has 4 rings (SSSR count). The molecule has 0 radical (unpaired) electrons. The molecule has 2 unspecified atom stereocenters. The summed E-state index contributed by atoms with van der Waals surface area (Å²) in [7, 11) is 0. The van der Waals surface area contributed by atoms with Crippen LogP contribution in [0.4, 0.5) is 4.79 Å². The number of urea groups is 1. The van der Waals surface area contributed by atoms with Crippen molar-refractivity contribution in [1.82, 2.24) is 15.5 Å². The summed E-state index contributed by atoms with van der Waals surface area (Å²) in [4.78, 5) is 38.8. The topological polar surface area (TPSA) is 97.0 Å². The van der Waals surface area contributed by atoms with Gasteiger partial charge in [0.1, 0.15) is 24.4 Å². The molecule has 2 N–H and O–H groups in total. The van der Waals surface area contributed by atoms with Gasteiger partial charge in [-0.2, -0.15) is 0 Å². The number of amides is 4. The second kappa shape index (κ2) is 9.62. The van der Waals surface area contributed by atoms with Gasteiger partial charge in [-0.25, -0.2) is 4.79 Å². The molecule has 2 heterocycles. The van der Waals surface area contributed by atoms with Gasteiger partial charge < -0.3 is 20.1 Å². The maximum Gasteiger partial charge on any atom is 0.325 e. The Bertz CT molecular complexity index is 1020. The number of nitrogens with zero attached hydrogens (tertiary/aromatic N) is 1. The highest BCUT2D eigenvalue weighted by molar-refractivity contribution is 6.09. The molecule has 0 aliphatic carbocycles. The van der Waals surface area contributed by atoms with Gasteiger partial charge in [-0.3, -0.25) is 14.5 Å². The summed E-state index contributed by atoms with van der Waals surface area (Å²) in [6, 6.07) is 14.2. The fraction of sp³-hybridized carbons (Fsp3) is 0.400. The van der Waals surface area contributed by atoms with Crippen molar-refractivity contribution in [2.75, 3.05) is 19.8 Å². The summed E-state index contributed by atoms with van der Waals surface area (Å²) in [5.74, 6) is -0.111. The number of ether oxygens (including phenoxy) is 2. The van der Waals surface area contributed by atoms with Gasteiger partial charge in [0.15, 0.2) is 0 Å². The molecule has 2 aromatic carbocycles. The molecule has 8 nitrogen and oxygen atoms in total. The molecule has 2 aromatic rings. The van der Waals surface area contributed by atoms with E-state index in [0.717, 1.165) is 41.2 Å². The van der Waals surface area contributed by atoms with Crippen LogP contribution in [0.1, 0.15) is 36.5 Å². The van der Waals surface area contributed by atoms with E-state index in [1.807, 2.05) is 55.5 Å². The first-order chi connectivity index (χ1) is 15.8. The third kappa shape index (κ3) is 5.17. The van der Waals surface area contributed by atoms with Crippen LogP contribution in [0.2, 0.25) is 0 Å². The molecular formula is C25H29N3O5. The predicted molar refractivity (Wildman–Crippen MR) is 122 cm³/mol. The van der Waals surface area contributed by atoms with Crippen molar-refractivity contribution >= 4 is 17.8 Å². The average Bonchev–Trinajstić information content (AvgIpc) is 3.40. The van der Waals surface area contributed by atoms with Gasteiger partial charge in [0.25, 0.3) is 5.91 Å². The SMILES string of the molecule is Cc1ccc(C2(C)NC(=O)N(CC(=O)NCc3ccc(OCC4CCCO4)cc3)C2=O)cc1. The first kappa shape index (κ1) is 22.8. The van der Waals surface area contributed by atoms with E-state index in [1.165, 1.54) is 0 Å². The zero-order chi connectivity index (χ0) is 23.4. The normalized spacial score (nSPS) is 22.4. The molecule has 2 fully saturated rings. The second-order valence-electron chi connectivity index (χ2n) is 8.68. The minimum absolute atomic E-state index is 0.155. The van der Waals surface area contributed by atoms with Crippen LogP contribution in [0.5, 0.6) is 5.75 Å². The minimum atomic E-state index is -1.19. The molecule has 8 heteroatoms. The van der Waals surface area contributed by atoms with Crippen LogP contribution in [0.25, 0.3) is 0 Å². The Hall–Kier alpha value is -3.39. The van der Waals surface area contributed by atoms with Crippen LogP contribution in [0.3, 0.4) is 0 Å². The lowest BCUT2D eigenvalue weighted by Gasteiger charge is -2.22. The van der Waals surface area contributed by atoms with Gasteiger partial charge in [0.2, 0.25) is 5.91 Å². The Morgan fingerprint density at radius 1 is 1.18 bits per heavy atom. The molecule has 0 spiro atoms. The number of imide groups is 1. The molecule has 2 aliphatic rings. The number of hydrogen-bond donors (Lipinski definition) is 2. The lowest BCUT2D eigenvalue weighted by molar-refractivity contribution is -0.134. The van der Waals surface area contributed by atoms with Crippen molar-refractivity contribution in [3.63, 3.8) is 0 Å². The number of hydrogen-bond acceptors (Lipinski definition) is 5. The van der Waals surface area contributed by atoms with Gasteiger partial charge in [-0.05, 0) is 49.9 Å². The van der Waals surface area contributed by atoms with Crippen molar-refractivity contribution in [1.29, 1.82) is 0 Å². The molecular weight excluding hydrogens is 422 g/mol. The average molecular weight is 452 g/mol. The molecule has 33 heavy (non-hydrogen) atoms. The second-order valence-corrected chi connectivity index (χ2v) is 8.68. The lowest BCUT2D eigenvalue weighted by Crippen LogP contribution is -2.43. The molecule has 4 amide bonds. The van der Waals surface area contributed by atoms with E-state index >= 15 is 0 Å². The van der Waals surface area contributed by atoms with Crippen LogP contribution >= 0.6 is 0 Å². The van der Waals surface area contributed by atoms with Crippen LogP contribution in [-0.2, 0) is 26.4 Å². The van der Waals surface area contributed by atoms with Crippen LogP contribution in [-0.4, -0.2) is 48.6 Å². The largest absolute Gasteiger partial charge is 0.491 e. The first-order valence-electron chi connectivity index (χ1n) is 11.2. The van der Waals surface area contributed by atoms with Gasteiger partial charge in [0.05, 0.1) is 6.10 Å². The summed E-state index contributed by atoms with van der Waals surface area (Å²) < 4.78 is 11.3. The van der Waals surface area contributed by atoms with Crippen LogP contribution in [0, 0.1) is 6.92 Å². The van der Waals surface area contributed by atoms with E-state index in [2.05, 4.69) is 10.6 Å². The van der Waals surface area contributed by atoms with Gasteiger partial charge in [-0.15, -0.1) is 0 Å². The van der Waals surface area contributed by atoms with E-state index in [-0.39, 0.29) is 19.2 Å². The smallest absolute Gasteiger partial charge is 0.325 e. The van der Waals surface area contributed by atoms with Crippen molar-refractivity contribution in [3.05, 3.63) is 65.2 Å². The number of carbonyl (C=O) groups is 3. The van der Waals surface area contributed by atoms with E-state index in [4.69, 9.17) is 9.47 Å². The number of aryl methyl sites for hydroxylation is 1. The van der Waals surface area contributed by atoms with Gasteiger partial charge in [0, 0.05) is 13.2 Å². The maximum atomic E-state index is 13.0. The summed E-state index contributed by atoms with van der Waals surface area (Å²) in [5.41, 5.74) is 1.42. The summed E-state index contributed by atoms with van der Waals surface area (Å²) in [6.45, 7) is 4.87. The number of benzene rings is 2. The maximum absolute atomic E-state index is 13.0. The zero-order valence-corrected chi connectivity index (χ0v) is 18.9. The summed E-state index contributed by atoms with van der Waals surface area (Å²) >= 11 is 0. The van der Waals surface area contributed by atoms with Crippen molar-refractivity contribution in [3.8, 4) is 5.75 Å². The zero-order valence-electron chi connectivity index (χ0n) is 18.9. The van der Waals surface area contributed by atoms with Crippen LogP contribution < -0.4 is 15.4 Å². The lowest BCUT2D eigenvalue weighted by atomic mass is 9.91. The third-order valence-corrected chi connectivity index (χ3v) is 6.08. The Morgan fingerprint density at radius 3 is 2.58 bits per heavy atom. The Balaban J connectivity index is 1.28. The molecule has 0 aromatic heterocycles. The summed E-state index contributed by atoms with van der Waals surface area (Å²) in [5, 5.41) is 5.48. The number of rotatable bonds is 8. The highest BCUT2D eigenvalue weighted by Crippen LogP contribution is 2.28. The quantitative estimate of drug-likeness (QED) is 0.602. The summed E-state index contributed by atoms with van der Waals surface area (Å²) in [6.07, 6.45) is 2.25. The molecule has 174 valence electrons. The number of nitrogens with one attached hydrogen (secondary N) is 2. The van der Waals surface area contributed by atoms with E-state index in [9.17, 15) is 14.4 Å². The molecule has 2 saturated heterocycles. The fourth-order valence-electron chi connectivity index (χ4n) is 3.99. The van der Waals surface area contributed by atoms with Crippen LogP contribution in [0.15, 0.2) is 48.5 Å². The van der Waals surface area contributed by atoms with E-state index in [0.29, 0.717) is 12.2 Å². The van der Waals surface area contributed by atoms with E-state index < -0.39 is 23.4 Å². The molecule has 2 atom stereocenters. The van der Waals surface area contributed by atoms with E-state index in [1.54, 1.807) is 6.92 Å². The standard InChI is InChI=1S/C25H29N3O5/c1-17-5-9-19(10-6-17)25(2)23(30)28(24(31)27-25)15-22(29)26-14-18-7-11-20(12-8-18)33-16-21-4-3-13-32-21/h5-12,21H,3-4,13-16H2,1-2H3,(H,26,29)(H,27,31). The predicted octanol–water partition coefficient (Wildman–Crippen LogP) is 2.64. The Morgan fingerprint density at radius 2 is 1.91 bits per heavy atom. The highest BCUT2D eigenvalue weighted by Gasteiger charge is 2.49. The highest BCUT2D eigenvalue weighted by atomic mass is 16.5. The molecule has 0 bridgehead atoms. The minimum Gasteiger partial charge on any atom is -0.491 e. The fourth-order valence-corrected chi connectivity index (χ4v) is 3.99. The van der Waals surface area contributed by atoms with Crippen molar-refractivity contribution in [2.45, 2.75) is 44.9 Å². The Labute approximate surface area is 193 Å². The molecule has 0 saturated carbocycles.